The van der Waals surface area contributed by atoms with Crippen LogP contribution in [0.2, 0.25) is 0 Å². The standard InChI is InChI=1S/C10H15F2N3O2/c1-7(2)15-4-3-13-8(9(15)17)14-5-10(11,12)6-16/h3-4,7,16H,5-6H2,1-2H3,(H,13,14). The molecule has 1 rings (SSSR count). The van der Waals surface area contributed by atoms with Gasteiger partial charge in [-0.2, -0.15) is 0 Å². The SMILES string of the molecule is CC(C)n1ccnc(NCC(F)(F)CO)c1=O. The molecule has 0 spiro atoms. The molecule has 0 aliphatic carbocycles. The average molecular weight is 247 g/mol. The summed E-state index contributed by atoms with van der Waals surface area (Å²) in [6, 6.07) is -0.0793. The summed E-state index contributed by atoms with van der Waals surface area (Å²) in [5.41, 5.74) is -0.462. The molecule has 5 nitrogen and oxygen atoms in total. The van der Waals surface area contributed by atoms with Crippen molar-refractivity contribution >= 4 is 5.82 Å². The molecule has 17 heavy (non-hydrogen) atoms. The third kappa shape index (κ3) is 3.48. The average Bonchev–Trinajstić information content (AvgIpc) is 2.27. The molecular weight excluding hydrogens is 232 g/mol. The van der Waals surface area contributed by atoms with E-state index >= 15 is 0 Å². The Bertz CT molecular complexity index is 432. The van der Waals surface area contributed by atoms with E-state index in [-0.39, 0.29) is 11.9 Å². The summed E-state index contributed by atoms with van der Waals surface area (Å²) in [6.07, 6.45) is 2.85. The topological polar surface area (TPSA) is 67.2 Å². The Hall–Kier alpha value is -1.50. The number of aromatic nitrogens is 2. The van der Waals surface area contributed by atoms with Crippen molar-refractivity contribution in [3.05, 3.63) is 22.7 Å². The zero-order valence-corrected chi connectivity index (χ0v) is 9.65. The van der Waals surface area contributed by atoms with Gasteiger partial charge in [0.1, 0.15) is 6.61 Å². The van der Waals surface area contributed by atoms with Crippen LogP contribution < -0.4 is 10.9 Å². The molecule has 0 aliphatic rings. The lowest BCUT2D eigenvalue weighted by molar-refractivity contribution is -0.0373. The number of alkyl halides is 2. The maximum absolute atomic E-state index is 12.8. The fourth-order valence-corrected chi connectivity index (χ4v) is 1.22. The van der Waals surface area contributed by atoms with Crippen LogP contribution in [-0.4, -0.2) is 33.7 Å². The van der Waals surface area contributed by atoms with E-state index in [4.69, 9.17) is 5.11 Å². The first-order valence-electron chi connectivity index (χ1n) is 5.17. The van der Waals surface area contributed by atoms with E-state index in [0.29, 0.717) is 0 Å². The van der Waals surface area contributed by atoms with Crippen LogP contribution in [0.25, 0.3) is 0 Å². The molecule has 0 aromatic carbocycles. The summed E-state index contributed by atoms with van der Waals surface area (Å²) >= 11 is 0. The van der Waals surface area contributed by atoms with E-state index in [0.717, 1.165) is 0 Å². The minimum absolute atomic E-state index is 0.0793. The van der Waals surface area contributed by atoms with Gasteiger partial charge in [-0.05, 0) is 13.8 Å². The number of hydrogen-bond donors (Lipinski definition) is 2. The van der Waals surface area contributed by atoms with Crippen molar-refractivity contribution in [3.8, 4) is 0 Å². The number of hydrogen-bond acceptors (Lipinski definition) is 4. The van der Waals surface area contributed by atoms with E-state index in [9.17, 15) is 13.6 Å². The lowest BCUT2D eigenvalue weighted by Crippen LogP contribution is -2.34. The van der Waals surface area contributed by atoms with Gasteiger partial charge >= 0.3 is 0 Å². The monoisotopic (exact) mass is 247 g/mol. The molecule has 0 atom stereocenters. The van der Waals surface area contributed by atoms with Crippen molar-refractivity contribution < 1.29 is 13.9 Å². The van der Waals surface area contributed by atoms with Gasteiger partial charge in [0, 0.05) is 18.4 Å². The molecule has 0 amide bonds. The Balaban J connectivity index is 2.86. The summed E-state index contributed by atoms with van der Waals surface area (Å²) < 4.78 is 26.9. The van der Waals surface area contributed by atoms with Gasteiger partial charge in [-0.1, -0.05) is 0 Å². The van der Waals surface area contributed by atoms with Crippen LogP contribution in [0.1, 0.15) is 19.9 Å². The molecule has 1 aromatic rings. The second kappa shape index (κ2) is 5.22. The Morgan fingerprint density at radius 3 is 2.76 bits per heavy atom. The molecule has 0 aliphatic heterocycles. The van der Waals surface area contributed by atoms with Gasteiger partial charge in [-0.25, -0.2) is 13.8 Å². The molecule has 96 valence electrons. The molecule has 2 N–H and O–H groups in total. The van der Waals surface area contributed by atoms with Gasteiger partial charge < -0.3 is 15.0 Å². The smallest absolute Gasteiger partial charge is 0.293 e. The van der Waals surface area contributed by atoms with Crippen LogP contribution in [0, 0.1) is 0 Å². The van der Waals surface area contributed by atoms with Gasteiger partial charge in [0.15, 0.2) is 5.82 Å². The lowest BCUT2D eigenvalue weighted by atomic mass is 10.3. The minimum Gasteiger partial charge on any atom is -0.390 e. The zero-order valence-electron chi connectivity index (χ0n) is 9.65. The summed E-state index contributed by atoms with van der Waals surface area (Å²) in [5.74, 6) is -3.42. The van der Waals surface area contributed by atoms with Crippen molar-refractivity contribution in [2.75, 3.05) is 18.5 Å². The van der Waals surface area contributed by atoms with Crippen molar-refractivity contribution in [1.82, 2.24) is 9.55 Å². The largest absolute Gasteiger partial charge is 0.390 e. The molecule has 0 fully saturated rings. The Labute approximate surface area is 97.1 Å². The third-order valence-corrected chi connectivity index (χ3v) is 2.17. The van der Waals surface area contributed by atoms with Crippen molar-refractivity contribution in [3.63, 3.8) is 0 Å². The number of aliphatic hydroxyl groups excluding tert-OH is 1. The van der Waals surface area contributed by atoms with Crippen LogP contribution in [0.5, 0.6) is 0 Å². The maximum atomic E-state index is 12.8. The molecule has 0 saturated heterocycles. The van der Waals surface area contributed by atoms with Crippen LogP contribution in [0.15, 0.2) is 17.2 Å². The number of nitrogens with zero attached hydrogens (tertiary/aromatic N) is 2. The van der Waals surface area contributed by atoms with Gasteiger partial charge in [0.05, 0.1) is 6.54 Å². The second-order valence-electron chi connectivity index (χ2n) is 3.95. The summed E-state index contributed by atoms with van der Waals surface area (Å²) in [5, 5.41) is 10.6. The van der Waals surface area contributed by atoms with E-state index in [2.05, 4.69) is 10.3 Å². The molecule has 1 aromatic heterocycles. The maximum Gasteiger partial charge on any atom is 0.293 e. The van der Waals surface area contributed by atoms with Gasteiger partial charge in [0.2, 0.25) is 0 Å². The highest BCUT2D eigenvalue weighted by Gasteiger charge is 2.27. The van der Waals surface area contributed by atoms with Crippen molar-refractivity contribution in [2.24, 2.45) is 0 Å². The lowest BCUT2D eigenvalue weighted by Gasteiger charge is -2.15. The van der Waals surface area contributed by atoms with Crippen LogP contribution in [0.3, 0.4) is 0 Å². The predicted octanol–water partition coefficient (Wildman–Crippen LogP) is 0.864. The fourth-order valence-electron chi connectivity index (χ4n) is 1.22. The highest BCUT2D eigenvalue weighted by atomic mass is 19.3. The molecule has 0 bridgehead atoms. The minimum atomic E-state index is -3.27. The molecule has 0 radical (unpaired) electrons. The van der Waals surface area contributed by atoms with Crippen molar-refractivity contribution in [1.29, 1.82) is 0 Å². The highest BCUT2D eigenvalue weighted by molar-refractivity contribution is 5.31. The van der Waals surface area contributed by atoms with Crippen LogP contribution in [-0.2, 0) is 0 Å². The van der Waals surface area contributed by atoms with Crippen molar-refractivity contribution in [2.45, 2.75) is 25.8 Å². The van der Waals surface area contributed by atoms with Gasteiger partial charge in [-0.15, -0.1) is 0 Å². The number of rotatable bonds is 5. The first-order chi connectivity index (χ1) is 7.87. The summed E-state index contributed by atoms with van der Waals surface area (Å²) in [7, 11) is 0. The third-order valence-electron chi connectivity index (χ3n) is 2.17. The van der Waals surface area contributed by atoms with Gasteiger partial charge in [0.25, 0.3) is 11.5 Å². The first kappa shape index (κ1) is 13.6. The molecule has 0 saturated carbocycles. The van der Waals surface area contributed by atoms with E-state index in [1.54, 1.807) is 13.8 Å². The first-order valence-corrected chi connectivity index (χ1v) is 5.17. The summed E-state index contributed by atoms with van der Waals surface area (Å²) in [6.45, 7) is 1.50. The molecular formula is C10H15F2N3O2. The molecule has 0 unspecified atom stereocenters. The Morgan fingerprint density at radius 1 is 1.59 bits per heavy atom. The predicted molar refractivity (Wildman–Crippen MR) is 59.4 cm³/mol. The number of aliphatic hydroxyl groups is 1. The van der Waals surface area contributed by atoms with Crippen LogP contribution >= 0.6 is 0 Å². The Morgan fingerprint density at radius 2 is 2.24 bits per heavy atom. The number of nitrogens with one attached hydrogen (secondary N) is 1. The second-order valence-corrected chi connectivity index (χ2v) is 3.95. The van der Waals surface area contributed by atoms with E-state index < -0.39 is 24.6 Å². The van der Waals surface area contributed by atoms with E-state index in [1.807, 2.05) is 0 Å². The highest BCUT2D eigenvalue weighted by Crippen LogP contribution is 2.12. The molecule has 7 heteroatoms. The quantitative estimate of drug-likeness (QED) is 0.810. The Kier molecular flexibility index (Phi) is 4.17. The van der Waals surface area contributed by atoms with Crippen LogP contribution in [0.4, 0.5) is 14.6 Å². The number of anilines is 1. The zero-order chi connectivity index (χ0) is 13.1. The van der Waals surface area contributed by atoms with Gasteiger partial charge in [-0.3, -0.25) is 4.79 Å². The molecule has 1 heterocycles. The summed E-state index contributed by atoms with van der Waals surface area (Å²) in [4.78, 5) is 15.4. The fraction of sp³-hybridized carbons (Fsp3) is 0.600. The van der Waals surface area contributed by atoms with E-state index in [1.165, 1.54) is 17.0 Å². The normalized spacial score (nSPS) is 11.9. The number of halogens is 2.